The Balaban J connectivity index is 1.92. The van der Waals surface area contributed by atoms with Crippen LogP contribution in [0.3, 0.4) is 0 Å². The lowest BCUT2D eigenvalue weighted by Crippen LogP contribution is -2.33. The lowest BCUT2D eigenvalue weighted by molar-refractivity contribution is 0.0614. The van der Waals surface area contributed by atoms with Gasteiger partial charge >= 0.3 is 0 Å². The van der Waals surface area contributed by atoms with Crippen LogP contribution in [0, 0.1) is 6.92 Å². The quantitative estimate of drug-likeness (QED) is 0.788. The summed E-state index contributed by atoms with van der Waals surface area (Å²) in [6, 6.07) is 1.89. The zero-order valence-corrected chi connectivity index (χ0v) is 9.03. The van der Waals surface area contributed by atoms with E-state index < -0.39 is 5.60 Å². The number of nitrogens with zero attached hydrogens (tertiary/aromatic N) is 2. The molecular formula is C11H17N3O. The Bertz CT molecular complexity index is 334. The molecule has 1 heterocycles. The van der Waals surface area contributed by atoms with Crippen molar-refractivity contribution in [1.82, 2.24) is 9.97 Å². The van der Waals surface area contributed by atoms with Gasteiger partial charge in [-0.3, -0.25) is 0 Å². The zero-order valence-electron chi connectivity index (χ0n) is 9.03. The summed E-state index contributed by atoms with van der Waals surface area (Å²) in [4.78, 5) is 8.12. The summed E-state index contributed by atoms with van der Waals surface area (Å²) >= 11 is 0. The van der Waals surface area contributed by atoms with Gasteiger partial charge in [0.25, 0.3) is 0 Å². The Kier molecular flexibility index (Phi) is 2.86. The van der Waals surface area contributed by atoms with Gasteiger partial charge in [-0.05, 0) is 19.8 Å². The number of hydrogen-bond donors (Lipinski definition) is 2. The molecule has 0 unspecified atom stereocenters. The Hall–Kier alpha value is -1.16. The number of aromatic nitrogens is 2. The highest BCUT2D eigenvalue weighted by Crippen LogP contribution is 2.29. The molecule has 0 aliphatic heterocycles. The lowest BCUT2D eigenvalue weighted by atomic mass is 10.0. The summed E-state index contributed by atoms with van der Waals surface area (Å²) in [5.74, 6) is 0.794. The molecule has 4 heteroatoms. The van der Waals surface area contributed by atoms with Crippen LogP contribution in [0.15, 0.2) is 12.4 Å². The fraction of sp³-hybridized carbons (Fsp3) is 0.636. The maximum absolute atomic E-state index is 10.1. The smallest absolute Gasteiger partial charge is 0.129 e. The first-order chi connectivity index (χ1) is 7.18. The summed E-state index contributed by atoms with van der Waals surface area (Å²) in [6.07, 6.45) is 5.58. The third-order valence-corrected chi connectivity index (χ3v) is 2.94. The molecule has 82 valence electrons. The molecule has 0 atom stereocenters. The van der Waals surface area contributed by atoms with Crippen molar-refractivity contribution < 1.29 is 5.11 Å². The van der Waals surface area contributed by atoms with Crippen LogP contribution in [-0.4, -0.2) is 27.2 Å². The fourth-order valence-corrected chi connectivity index (χ4v) is 2.02. The number of rotatable bonds is 3. The highest BCUT2D eigenvalue weighted by Gasteiger charge is 2.30. The predicted octanol–water partition coefficient (Wildman–Crippen LogP) is 1.50. The minimum absolute atomic E-state index is 0.529. The second-order valence-electron chi connectivity index (χ2n) is 4.33. The van der Waals surface area contributed by atoms with Crippen LogP contribution in [0.4, 0.5) is 5.82 Å². The van der Waals surface area contributed by atoms with Gasteiger partial charge in [0.1, 0.15) is 12.1 Å². The topological polar surface area (TPSA) is 58.0 Å². The first kappa shape index (κ1) is 10.4. The van der Waals surface area contributed by atoms with Crippen LogP contribution in [0.5, 0.6) is 0 Å². The van der Waals surface area contributed by atoms with E-state index in [9.17, 15) is 5.11 Å². The number of aryl methyl sites for hydroxylation is 1. The van der Waals surface area contributed by atoms with E-state index in [1.54, 1.807) is 0 Å². The second-order valence-corrected chi connectivity index (χ2v) is 4.33. The van der Waals surface area contributed by atoms with Crippen molar-refractivity contribution in [1.29, 1.82) is 0 Å². The fourth-order valence-electron chi connectivity index (χ4n) is 2.02. The average Bonchev–Trinajstić information content (AvgIpc) is 2.63. The first-order valence-electron chi connectivity index (χ1n) is 5.43. The van der Waals surface area contributed by atoms with Crippen LogP contribution in [0.25, 0.3) is 0 Å². The van der Waals surface area contributed by atoms with E-state index in [4.69, 9.17) is 0 Å². The molecule has 1 saturated carbocycles. The Morgan fingerprint density at radius 3 is 2.80 bits per heavy atom. The van der Waals surface area contributed by atoms with Gasteiger partial charge in [0, 0.05) is 18.3 Å². The third kappa shape index (κ3) is 2.65. The van der Waals surface area contributed by atoms with Gasteiger partial charge in [-0.1, -0.05) is 12.8 Å². The molecule has 0 radical (unpaired) electrons. The number of nitrogens with one attached hydrogen (secondary N) is 1. The summed E-state index contributed by atoms with van der Waals surface area (Å²) in [7, 11) is 0. The molecule has 15 heavy (non-hydrogen) atoms. The summed E-state index contributed by atoms with van der Waals surface area (Å²) in [5, 5.41) is 13.3. The van der Waals surface area contributed by atoms with Crippen molar-refractivity contribution in [3.63, 3.8) is 0 Å². The Labute approximate surface area is 89.8 Å². The van der Waals surface area contributed by atoms with Crippen LogP contribution in [-0.2, 0) is 0 Å². The van der Waals surface area contributed by atoms with E-state index in [2.05, 4.69) is 15.3 Å². The van der Waals surface area contributed by atoms with Crippen LogP contribution in [0.2, 0.25) is 0 Å². The van der Waals surface area contributed by atoms with Gasteiger partial charge in [0.05, 0.1) is 5.60 Å². The number of hydrogen-bond acceptors (Lipinski definition) is 4. The Morgan fingerprint density at radius 1 is 1.40 bits per heavy atom. The molecule has 1 aliphatic carbocycles. The molecule has 1 fully saturated rings. The molecule has 0 amide bonds. The van der Waals surface area contributed by atoms with Crippen LogP contribution in [0.1, 0.15) is 31.4 Å². The van der Waals surface area contributed by atoms with Crippen LogP contribution < -0.4 is 5.32 Å². The number of aliphatic hydroxyl groups is 1. The van der Waals surface area contributed by atoms with Gasteiger partial charge in [0.15, 0.2) is 0 Å². The molecule has 0 aromatic carbocycles. The molecule has 1 aliphatic rings. The molecular weight excluding hydrogens is 190 g/mol. The minimum Gasteiger partial charge on any atom is -0.388 e. The molecule has 1 aromatic heterocycles. The normalized spacial score (nSPS) is 19.1. The van der Waals surface area contributed by atoms with Gasteiger partial charge in [-0.15, -0.1) is 0 Å². The molecule has 0 spiro atoms. The average molecular weight is 207 g/mol. The molecule has 0 bridgehead atoms. The van der Waals surface area contributed by atoms with Crippen molar-refractivity contribution in [2.75, 3.05) is 11.9 Å². The van der Waals surface area contributed by atoms with E-state index in [0.717, 1.165) is 37.2 Å². The molecule has 2 N–H and O–H groups in total. The van der Waals surface area contributed by atoms with E-state index in [1.807, 2.05) is 13.0 Å². The third-order valence-electron chi connectivity index (χ3n) is 2.94. The highest BCUT2D eigenvalue weighted by atomic mass is 16.3. The van der Waals surface area contributed by atoms with Gasteiger partial charge < -0.3 is 10.4 Å². The van der Waals surface area contributed by atoms with Crippen molar-refractivity contribution in [3.8, 4) is 0 Å². The summed E-state index contributed by atoms with van der Waals surface area (Å²) in [6.45, 7) is 2.51. The largest absolute Gasteiger partial charge is 0.388 e. The van der Waals surface area contributed by atoms with Crippen LogP contribution >= 0.6 is 0 Å². The zero-order chi connectivity index (χ0) is 10.7. The van der Waals surface area contributed by atoms with Crippen molar-refractivity contribution in [2.45, 2.75) is 38.2 Å². The van der Waals surface area contributed by atoms with Crippen molar-refractivity contribution in [3.05, 3.63) is 18.1 Å². The van der Waals surface area contributed by atoms with Crippen molar-refractivity contribution in [2.24, 2.45) is 0 Å². The maximum Gasteiger partial charge on any atom is 0.129 e. The highest BCUT2D eigenvalue weighted by molar-refractivity contribution is 5.34. The first-order valence-corrected chi connectivity index (χ1v) is 5.43. The monoisotopic (exact) mass is 207 g/mol. The van der Waals surface area contributed by atoms with Gasteiger partial charge in [-0.2, -0.15) is 0 Å². The van der Waals surface area contributed by atoms with E-state index in [-0.39, 0.29) is 0 Å². The van der Waals surface area contributed by atoms with Gasteiger partial charge in [-0.25, -0.2) is 9.97 Å². The van der Waals surface area contributed by atoms with E-state index >= 15 is 0 Å². The minimum atomic E-state index is -0.529. The lowest BCUT2D eigenvalue weighted by Gasteiger charge is -2.22. The summed E-state index contributed by atoms with van der Waals surface area (Å²) in [5.41, 5.74) is 0.407. The van der Waals surface area contributed by atoms with E-state index in [0.29, 0.717) is 6.54 Å². The second kappa shape index (κ2) is 4.14. The maximum atomic E-state index is 10.1. The molecule has 2 rings (SSSR count). The number of anilines is 1. The molecule has 1 aromatic rings. The van der Waals surface area contributed by atoms with Gasteiger partial charge in [0.2, 0.25) is 0 Å². The predicted molar refractivity (Wildman–Crippen MR) is 58.7 cm³/mol. The van der Waals surface area contributed by atoms with E-state index in [1.165, 1.54) is 6.33 Å². The SMILES string of the molecule is Cc1cc(NCC2(O)CCCC2)ncn1. The standard InChI is InChI=1S/C11H17N3O/c1-9-6-10(14-8-13-9)12-7-11(15)4-2-3-5-11/h6,8,15H,2-5,7H2,1H3,(H,12,13,14). The van der Waals surface area contributed by atoms with Crippen molar-refractivity contribution >= 4 is 5.82 Å². The molecule has 0 saturated heterocycles. The summed E-state index contributed by atoms with van der Waals surface area (Å²) < 4.78 is 0. The molecule has 4 nitrogen and oxygen atoms in total. The Morgan fingerprint density at radius 2 is 2.13 bits per heavy atom.